The van der Waals surface area contributed by atoms with Crippen molar-refractivity contribution in [2.45, 2.75) is 0 Å². The number of sulfonamides is 1. The summed E-state index contributed by atoms with van der Waals surface area (Å²) in [7, 11) is 0.865. The molecule has 2 aromatic rings. The molecule has 0 spiro atoms. The van der Waals surface area contributed by atoms with Gasteiger partial charge < -0.3 is 4.90 Å². The molecule has 26 heavy (non-hydrogen) atoms. The van der Waals surface area contributed by atoms with Crippen molar-refractivity contribution < 1.29 is 17.6 Å². The maximum Gasteiger partial charge on any atom is 0.229 e. The second-order valence-electron chi connectivity index (χ2n) is 5.61. The summed E-state index contributed by atoms with van der Waals surface area (Å²) < 4.78 is 40.6. The zero-order valence-electron chi connectivity index (χ0n) is 13.9. The summed E-state index contributed by atoms with van der Waals surface area (Å²) in [6, 6.07) is 5.82. The molecule has 1 heterocycles. The molecule has 0 unspecified atom stereocenters. The van der Waals surface area contributed by atoms with Gasteiger partial charge in [0.15, 0.2) is 0 Å². The van der Waals surface area contributed by atoms with E-state index in [0.29, 0.717) is 10.9 Å². The summed E-state index contributed by atoms with van der Waals surface area (Å²) in [6.07, 6.45) is 2.32. The van der Waals surface area contributed by atoms with Gasteiger partial charge in [0.1, 0.15) is 23.2 Å². The molecule has 0 atom stereocenters. The molecule has 0 aliphatic heterocycles. The number of nitrogens with one attached hydrogen (secondary N) is 1. The van der Waals surface area contributed by atoms with Crippen molar-refractivity contribution in [1.82, 2.24) is 8.87 Å². The molecule has 0 amide bonds. The number of Topliss-reactive ketones (excluding diaryl/α,β-unsaturated/α-hetero) is 1. The third kappa shape index (κ3) is 4.49. The molecule has 1 N–H and O–H groups in total. The lowest BCUT2D eigenvalue weighted by Gasteiger charge is -2.08. The number of aromatic nitrogens is 1. The van der Waals surface area contributed by atoms with Gasteiger partial charge >= 0.3 is 0 Å². The number of hydrogen-bond acceptors (Lipinski definition) is 6. The Morgan fingerprint density at radius 1 is 1.42 bits per heavy atom. The zero-order valence-corrected chi connectivity index (χ0v) is 17.7. The van der Waals surface area contributed by atoms with Crippen LogP contribution in [0.1, 0.15) is 10.5 Å². The van der Waals surface area contributed by atoms with Crippen LogP contribution < -0.4 is 4.72 Å². The van der Waals surface area contributed by atoms with E-state index in [1.54, 1.807) is 19.0 Å². The molecule has 0 aliphatic rings. The molecule has 0 aliphatic carbocycles. The van der Waals surface area contributed by atoms with Crippen molar-refractivity contribution in [2.75, 3.05) is 25.1 Å². The van der Waals surface area contributed by atoms with Crippen molar-refractivity contribution in [3.63, 3.8) is 0 Å². The number of fused-ring (bicyclic) bond motifs is 1. The van der Waals surface area contributed by atoms with Gasteiger partial charge in [-0.2, -0.15) is 5.26 Å². The molecule has 0 fully saturated rings. The molecule has 138 valence electrons. The maximum absolute atomic E-state index is 14.3. The number of halogens is 2. The lowest BCUT2D eigenvalue weighted by Crippen LogP contribution is -2.11. The summed E-state index contributed by atoms with van der Waals surface area (Å²) in [6.45, 7) is 0. The SMILES string of the molecule is CN(C)/C=C(\C#N)C(=O)c1cc2cc(NS(C)(=O)=O)c(F)cc2n1SI. The van der Waals surface area contributed by atoms with Crippen molar-refractivity contribution in [3.05, 3.63) is 41.5 Å². The van der Waals surface area contributed by atoms with Crippen LogP contribution in [-0.2, 0) is 10.0 Å². The van der Waals surface area contributed by atoms with Gasteiger partial charge in [-0.25, -0.2) is 12.8 Å². The molecule has 0 radical (unpaired) electrons. The highest BCUT2D eigenvalue weighted by Gasteiger charge is 2.21. The van der Waals surface area contributed by atoms with Crippen LogP contribution in [-0.4, -0.2) is 43.4 Å². The monoisotopic (exact) mass is 508 g/mol. The molecular weight excluding hydrogens is 494 g/mol. The molecule has 1 aromatic carbocycles. The Morgan fingerprint density at radius 2 is 2.08 bits per heavy atom. The number of nitrogens with zero attached hydrogens (tertiary/aromatic N) is 3. The summed E-state index contributed by atoms with van der Waals surface area (Å²) >= 11 is 1.94. The fraction of sp³-hybridized carbons (Fsp3) is 0.200. The highest BCUT2D eigenvalue weighted by atomic mass is 127. The fourth-order valence-corrected chi connectivity index (χ4v) is 4.52. The second kappa shape index (κ2) is 7.85. The number of allylic oxidation sites excluding steroid dienone is 1. The predicted molar refractivity (Wildman–Crippen MR) is 109 cm³/mol. The first-order chi connectivity index (χ1) is 12.1. The number of rotatable bonds is 6. The Morgan fingerprint density at radius 3 is 2.58 bits per heavy atom. The largest absolute Gasteiger partial charge is 0.382 e. The average molecular weight is 508 g/mol. The van der Waals surface area contributed by atoms with Crippen LogP contribution in [0.3, 0.4) is 0 Å². The average Bonchev–Trinajstić information content (AvgIpc) is 2.88. The van der Waals surface area contributed by atoms with Gasteiger partial charge in [0, 0.05) is 62.1 Å². The second-order valence-corrected chi connectivity index (χ2v) is 9.04. The smallest absolute Gasteiger partial charge is 0.229 e. The first-order valence-corrected chi connectivity index (χ1v) is 12.2. The van der Waals surface area contributed by atoms with E-state index in [-0.39, 0.29) is 17.0 Å². The standard InChI is InChI=1S/C15H14FIN4O3S2/c1-20(2)8-10(7-18)15(22)14-5-9-4-12(19-26(3,23)24)11(16)6-13(9)21(14)25-17/h4-6,8,19H,1-3H3/b10-8+. The lowest BCUT2D eigenvalue weighted by molar-refractivity contribution is 0.103. The Kier molecular flexibility index (Phi) is 6.20. The zero-order chi connectivity index (χ0) is 19.6. The van der Waals surface area contributed by atoms with Gasteiger partial charge in [0.05, 0.1) is 17.5 Å². The van der Waals surface area contributed by atoms with Crippen LogP contribution in [0.4, 0.5) is 10.1 Å². The van der Waals surface area contributed by atoms with E-state index in [1.165, 1.54) is 22.3 Å². The van der Waals surface area contributed by atoms with E-state index >= 15 is 0 Å². The molecule has 7 nitrogen and oxygen atoms in total. The van der Waals surface area contributed by atoms with Crippen LogP contribution >= 0.6 is 30.3 Å². The van der Waals surface area contributed by atoms with Crippen LogP contribution in [0.25, 0.3) is 10.9 Å². The van der Waals surface area contributed by atoms with Crippen molar-refractivity contribution in [3.8, 4) is 6.07 Å². The molecule has 2 rings (SSSR count). The van der Waals surface area contributed by atoms with E-state index in [2.05, 4.69) is 4.72 Å². The van der Waals surface area contributed by atoms with Gasteiger partial charge in [-0.05, 0) is 12.1 Å². The summed E-state index contributed by atoms with van der Waals surface area (Å²) in [5, 5.41) is 9.71. The molecular formula is C15H14FIN4O3S2. The topological polar surface area (TPSA) is 95.2 Å². The quantitative estimate of drug-likeness (QED) is 0.279. The highest BCUT2D eigenvalue weighted by Crippen LogP contribution is 2.33. The van der Waals surface area contributed by atoms with Crippen molar-refractivity contribution >= 4 is 62.7 Å². The first-order valence-electron chi connectivity index (χ1n) is 7.02. The highest BCUT2D eigenvalue weighted by molar-refractivity contribution is 14.2. The van der Waals surface area contributed by atoms with Gasteiger partial charge in [-0.1, -0.05) is 0 Å². The molecule has 0 saturated heterocycles. The van der Waals surface area contributed by atoms with Gasteiger partial charge in [-0.15, -0.1) is 0 Å². The summed E-state index contributed by atoms with van der Waals surface area (Å²) in [5.74, 6) is -1.28. The number of benzene rings is 1. The van der Waals surface area contributed by atoms with E-state index in [1.807, 2.05) is 27.3 Å². The first kappa shape index (κ1) is 20.5. The van der Waals surface area contributed by atoms with Crippen LogP contribution in [0.2, 0.25) is 0 Å². The van der Waals surface area contributed by atoms with Crippen molar-refractivity contribution in [1.29, 1.82) is 5.26 Å². The number of anilines is 1. The third-order valence-corrected chi connectivity index (χ3v) is 5.50. The molecule has 0 saturated carbocycles. The number of hydrogen-bond donors (Lipinski definition) is 1. The Labute approximate surface area is 166 Å². The Bertz CT molecular complexity index is 1060. The van der Waals surface area contributed by atoms with E-state index < -0.39 is 21.6 Å². The Hall–Kier alpha value is -1.78. The number of carbonyl (C=O) groups is 1. The summed E-state index contributed by atoms with van der Waals surface area (Å²) in [4.78, 5) is 14.3. The third-order valence-electron chi connectivity index (χ3n) is 3.20. The molecule has 1 aromatic heterocycles. The van der Waals surface area contributed by atoms with E-state index in [9.17, 15) is 22.9 Å². The van der Waals surface area contributed by atoms with Crippen molar-refractivity contribution in [2.24, 2.45) is 0 Å². The van der Waals surface area contributed by atoms with Gasteiger partial charge in [-0.3, -0.25) is 13.5 Å². The molecule has 0 bridgehead atoms. The van der Waals surface area contributed by atoms with E-state index in [0.717, 1.165) is 21.4 Å². The van der Waals surface area contributed by atoms with Gasteiger partial charge in [0.2, 0.25) is 15.8 Å². The number of nitriles is 1. The van der Waals surface area contributed by atoms with Gasteiger partial charge in [0.25, 0.3) is 0 Å². The fourth-order valence-electron chi connectivity index (χ4n) is 2.25. The number of carbonyl (C=O) groups excluding carboxylic acids is 1. The summed E-state index contributed by atoms with van der Waals surface area (Å²) in [5.41, 5.74) is 0.301. The lowest BCUT2D eigenvalue weighted by atomic mass is 10.1. The van der Waals surface area contributed by atoms with Crippen LogP contribution in [0.5, 0.6) is 0 Å². The van der Waals surface area contributed by atoms with Crippen LogP contribution in [0, 0.1) is 17.1 Å². The van der Waals surface area contributed by atoms with Crippen LogP contribution in [0.15, 0.2) is 30.0 Å². The predicted octanol–water partition coefficient (Wildman–Crippen LogP) is 3.15. The minimum atomic E-state index is -3.65. The minimum absolute atomic E-state index is 0.0699. The molecule has 11 heteroatoms. The maximum atomic E-state index is 14.3. The van der Waals surface area contributed by atoms with E-state index in [4.69, 9.17) is 0 Å². The Balaban J connectivity index is 2.66. The minimum Gasteiger partial charge on any atom is -0.382 e. The number of ketones is 1. The normalized spacial score (nSPS) is 12.1.